The van der Waals surface area contributed by atoms with Gasteiger partial charge in [-0.15, -0.1) is 0 Å². The fourth-order valence-electron chi connectivity index (χ4n) is 5.71. The summed E-state index contributed by atoms with van der Waals surface area (Å²) in [6.07, 6.45) is 5.67. The molecule has 1 aliphatic heterocycles. The van der Waals surface area contributed by atoms with E-state index in [9.17, 15) is 0 Å². The van der Waals surface area contributed by atoms with Crippen LogP contribution in [0.4, 0.5) is 0 Å². The number of thiazole rings is 1. The van der Waals surface area contributed by atoms with E-state index in [2.05, 4.69) is 37.5 Å². The van der Waals surface area contributed by atoms with E-state index in [-0.39, 0.29) is 5.92 Å². The second-order valence-corrected chi connectivity index (χ2v) is 10.8. The number of para-hydroxylation sites is 1. The highest BCUT2D eigenvalue weighted by atomic mass is 32.1. The number of fused-ring (bicyclic) bond motifs is 2. The zero-order valence-corrected chi connectivity index (χ0v) is 21.1. The van der Waals surface area contributed by atoms with Crippen molar-refractivity contribution in [3.05, 3.63) is 68.2 Å². The number of nitrogens with zero attached hydrogens (tertiary/aromatic N) is 1. The van der Waals surface area contributed by atoms with Crippen molar-refractivity contribution in [2.24, 2.45) is 5.92 Å². The summed E-state index contributed by atoms with van der Waals surface area (Å²) < 4.78 is 14.0. The van der Waals surface area contributed by atoms with Crippen LogP contribution in [-0.2, 0) is 18.4 Å². The minimum absolute atomic E-state index is 0.211. The van der Waals surface area contributed by atoms with Gasteiger partial charge in [-0.05, 0) is 69.7 Å². The van der Waals surface area contributed by atoms with Crippen molar-refractivity contribution in [3.8, 4) is 17.2 Å². The fraction of sp³-hybridized carbons (Fsp3) is 0.464. The lowest BCUT2D eigenvalue weighted by Gasteiger charge is -2.46. The molecule has 0 radical (unpaired) electrons. The molecule has 0 spiro atoms. The highest BCUT2D eigenvalue weighted by molar-refractivity contribution is 7.11. The van der Waals surface area contributed by atoms with Gasteiger partial charge in [-0.1, -0.05) is 42.4 Å². The largest absolute Gasteiger partial charge is 0.837 e. The van der Waals surface area contributed by atoms with Crippen molar-refractivity contribution >= 4 is 11.3 Å². The Hall–Kier alpha value is -2.37. The number of hydrogen-bond acceptors (Lipinski definition) is 4. The Morgan fingerprint density at radius 1 is 1.09 bits per heavy atom. The third-order valence-corrected chi connectivity index (χ3v) is 8.64. The topological polar surface area (TPSA) is 45.4 Å². The zero-order valence-electron chi connectivity index (χ0n) is 20.3. The van der Waals surface area contributed by atoms with Gasteiger partial charge in [-0.3, -0.25) is 0 Å². The van der Waals surface area contributed by atoms with Crippen molar-refractivity contribution in [2.75, 3.05) is 13.7 Å². The van der Waals surface area contributed by atoms with Crippen LogP contribution < -0.4 is 19.1 Å². The molecule has 5 rings (SSSR count). The Morgan fingerprint density at radius 3 is 2.55 bits per heavy atom. The van der Waals surface area contributed by atoms with Crippen molar-refractivity contribution in [1.29, 1.82) is 0 Å². The standard InChI is InChI=1S/C28H33NO3S/c1-17-14-18(2)25(19(3)15-17)29-22-11-7-6-8-13-24(22)33-27(29)28(30)20(4)16-32-26-21(28)10-9-12-23(26)31-5/h9-10,12,14-15,20H,6-8,11,13,16H2,1-5H3. The highest BCUT2D eigenvalue weighted by Crippen LogP contribution is 2.48. The lowest BCUT2D eigenvalue weighted by Crippen LogP contribution is -2.58. The third kappa shape index (κ3) is 3.48. The van der Waals surface area contributed by atoms with Crippen LogP contribution in [0.25, 0.3) is 5.69 Å². The maximum atomic E-state index is 15.2. The molecule has 2 atom stereocenters. The Kier molecular flexibility index (Phi) is 5.74. The number of aryl methyl sites for hydroxylation is 4. The van der Waals surface area contributed by atoms with Gasteiger partial charge in [0, 0.05) is 23.1 Å². The lowest BCUT2D eigenvalue weighted by molar-refractivity contribution is -0.641. The van der Waals surface area contributed by atoms with Crippen LogP contribution in [0, 0.1) is 26.7 Å². The molecule has 5 heteroatoms. The first-order chi connectivity index (χ1) is 15.9. The fourth-order valence-corrected chi connectivity index (χ4v) is 7.25. The first-order valence-electron chi connectivity index (χ1n) is 12.0. The average molecular weight is 464 g/mol. The molecule has 2 unspecified atom stereocenters. The van der Waals surface area contributed by atoms with E-state index in [4.69, 9.17) is 9.47 Å². The molecule has 2 heterocycles. The molecule has 0 fully saturated rings. The van der Waals surface area contributed by atoms with Crippen LogP contribution in [0.15, 0.2) is 30.3 Å². The molecule has 4 nitrogen and oxygen atoms in total. The average Bonchev–Trinajstić information content (AvgIpc) is 2.97. The summed E-state index contributed by atoms with van der Waals surface area (Å²) in [7, 11) is 1.63. The van der Waals surface area contributed by atoms with Crippen LogP contribution >= 0.6 is 11.3 Å². The number of rotatable bonds is 3. The Bertz CT molecular complexity index is 1190. The van der Waals surface area contributed by atoms with Gasteiger partial charge in [0.15, 0.2) is 11.5 Å². The first kappa shape index (κ1) is 22.4. The Labute approximate surface area is 200 Å². The van der Waals surface area contributed by atoms with Crippen molar-refractivity contribution in [1.82, 2.24) is 0 Å². The molecule has 0 saturated carbocycles. The predicted octanol–water partition coefficient (Wildman–Crippen LogP) is 4.86. The minimum atomic E-state index is -1.41. The van der Waals surface area contributed by atoms with Gasteiger partial charge in [0.1, 0.15) is 0 Å². The van der Waals surface area contributed by atoms with E-state index in [0.29, 0.717) is 23.7 Å². The van der Waals surface area contributed by atoms with E-state index >= 15 is 5.11 Å². The smallest absolute Gasteiger partial charge is 0.238 e. The molecule has 3 aromatic rings. The third-order valence-electron chi connectivity index (χ3n) is 7.28. The molecule has 2 aliphatic rings. The number of benzene rings is 2. The van der Waals surface area contributed by atoms with Gasteiger partial charge < -0.3 is 14.6 Å². The summed E-state index contributed by atoms with van der Waals surface area (Å²) in [4.78, 5) is 1.38. The molecule has 33 heavy (non-hydrogen) atoms. The summed E-state index contributed by atoms with van der Waals surface area (Å²) >= 11 is 1.73. The van der Waals surface area contributed by atoms with E-state index in [1.165, 1.54) is 52.2 Å². The minimum Gasteiger partial charge on any atom is -0.837 e. The SMILES string of the molecule is COc1cccc2c1OCC(C)C2([O-])c1sc2c([n+]1-c1c(C)cc(C)cc1C)CCCCC2. The molecular formula is C28H33NO3S. The predicted molar refractivity (Wildman–Crippen MR) is 130 cm³/mol. The van der Waals surface area contributed by atoms with Crippen LogP contribution in [0.1, 0.15) is 64.0 Å². The molecular weight excluding hydrogens is 430 g/mol. The Morgan fingerprint density at radius 2 is 1.82 bits per heavy atom. The van der Waals surface area contributed by atoms with Crippen LogP contribution in [0.3, 0.4) is 0 Å². The van der Waals surface area contributed by atoms with Crippen LogP contribution in [-0.4, -0.2) is 13.7 Å². The second kappa shape index (κ2) is 8.44. The molecule has 1 aromatic heterocycles. The maximum Gasteiger partial charge on any atom is 0.238 e. The van der Waals surface area contributed by atoms with Gasteiger partial charge in [0.05, 0.1) is 18.6 Å². The van der Waals surface area contributed by atoms with E-state index in [1.54, 1.807) is 18.4 Å². The van der Waals surface area contributed by atoms with Crippen molar-refractivity contribution in [3.63, 3.8) is 0 Å². The molecule has 1 aliphatic carbocycles. The number of ether oxygens (including phenoxy) is 2. The molecule has 2 aromatic carbocycles. The lowest BCUT2D eigenvalue weighted by atomic mass is 9.80. The summed E-state index contributed by atoms with van der Waals surface area (Å²) in [6, 6.07) is 10.2. The molecule has 0 N–H and O–H groups in total. The molecule has 0 bridgehead atoms. The summed E-state index contributed by atoms with van der Waals surface area (Å²) in [5.41, 5.74) is 5.48. The number of aromatic nitrogens is 1. The van der Waals surface area contributed by atoms with E-state index in [0.717, 1.165) is 17.8 Å². The normalized spacial score (nSPS) is 22.2. The molecule has 0 saturated heterocycles. The quantitative estimate of drug-likeness (QED) is 0.412. The Balaban J connectivity index is 1.84. The monoisotopic (exact) mass is 463 g/mol. The summed E-state index contributed by atoms with van der Waals surface area (Å²) in [5, 5.41) is 16.1. The summed E-state index contributed by atoms with van der Waals surface area (Å²) in [5.74, 6) is 1.02. The first-order valence-corrected chi connectivity index (χ1v) is 12.8. The molecule has 174 valence electrons. The van der Waals surface area contributed by atoms with Gasteiger partial charge in [0.25, 0.3) is 0 Å². The molecule has 0 amide bonds. The van der Waals surface area contributed by atoms with Gasteiger partial charge >= 0.3 is 0 Å². The highest BCUT2D eigenvalue weighted by Gasteiger charge is 2.46. The zero-order chi connectivity index (χ0) is 23.3. The van der Waals surface area contributed by atoms with Gasteiger partial charge in [-0.25, -0.2) is 0 Å². The van der Waals surface area contributed by atoms with E-state index in [1.807, 2.05) is 25.1 Å². The number of methoxy groups -OCH3 is 1. The number of hydrogen-bond donors (Lipinski definition) is 0. The van der Waals surface area contributed by atoms with Crippen LogP contribution in [0.5, 0.6) is 11.5 Å². The van der Waals surface area contributed by atoms with Gasteiger partial charge in [-0.2, -0.15) is 4.57 Å². The second-order valence-electron chi connectivity index (χ2n) is 9.71. The van der Waals surface area contributed by atoms with Gasteiger partial charge in [0.2, 0.25) is 16.4 Å². The van der Waals surface area contributed by atoms with E-state index < -0.39 is 5.60 Å². The van der Waals surface area contributed by atoms with Crippen molar-refractivity contribution < 1.29 is 19.1 Å². The summed E-state index contributed by atoms with van der Waals surface area (Å²) in [6.45, 7) is 8.90. The maximum absolute atomic E-state index is 15.2. The van der Waals surface area contributed by atoms with Crippen LogP contribution in [0.2, 0.25) is 0 Å². The van der Waals surface area contributed by atoms with Crippen molar-refractivity contribution in [2.45, 2.75) is 65.4 Å².